The summed E-state index contributed by atoms with van der Waals surface area (Å²) in [5.41, 5.74) is 9.94. The van der Waals surface area contributed by atoms with Gasteiger partial charge in [0.15, 0.2) is 0 Å². The van der Waals surface area contributed by atoms with Crippen LogP contribution in [-0.4, -0.2) is 22.8 Å². The van der Waals surface area contributed by atoms with Crippen LogP contribution in [-0.2, 0) is 6.42 Å². The summed E-state index contributed by atoms with van der Waals surface area (Å²) in [6, 6.07) is 3.03. The number of aryl methyl sites for hydroxylation is 2. The molecular weight excluding hydrogens is 245 g/mol. The van der Waals surface area contributed by atoms with Gasteiger partial charge in [-0.25, -0.2) is 4.39 Å². The van der Waals surface area contributed by atoms with Crippen LogP contribution in [0.15, 0.2) is 12.1 Å². The Bertz CT molecular complexity index is 616. The number of halogens is 1. The molecule has 1 atom stereocenters. The van der Waals surface area contributed by atoms with Crippen molar-refractivity contribution < 1.29 is 9.13 Å². The molecule has 4 nitrogen and oxygen atoms in total. The Hall–Kier alpha value is -1.88. The van der Waals surface area contributed by atoms with Crippen molar-refractivity contribution in [1.29, 1.82) is 0 Å². The molecule has 2 heterocycles. The molecule has 0 amide bonds. The van der Waals surface area contributed by atoms with Crippen molar-refractivity contribution in [3.05, 3.63) is 34.9 Å². The van der Waals surface area contributed by atoms with Crippen LogP contribution in [0.1, 0.15) is 17.0 Å². The number of ether oxygens (including phenoxy) is 1. The van der Waals surface area contributed by atoms with Crippen LogP contribution in [0.3, 0.4) is 0 Å². The molecule has 0 aliphatic carbocycles. The van der Waals surface area contributed by atoms with E-state index >= 15 is 0 Å². The van der Waals surface area contributed by atoms with Gasteiger partial charge in [-0.15, -0.1) is 0 Å². The van der Waals surface area contributed by atoms with Gasteiger partial charge in [-0.3, -0.25) is 5.10 Å². The van der Waals surface area contributed by atoms with Gasteiger partial charge in [-0.05, 0) is 26.0 Å². The standard InChI is InChI=1S/C14H16FN3O/c1-7-13(8(2)18-17-7)12-5-10(15)3-9-4-11(6-16)19-14(9)12/h3,5,11H,4,6,16H2,1-2H3,(H,17,18)/t11-/m1/s1. The summed E-state index contributed by atoms with van der Waals surface area (Å²) in [7, 11) is 0. The molecule has 0 unspecified atom stereocenters. The first-order valence-corrected chi connectivity index (χ1v) is 6.31. The van der Waals surface area contributed by atoms with Crippen LogP contribution in [0.5, 0.6) is 5.75 Å². The van der Waals surface area contributed by atoms with Crippen molar-refractivity contribution in [2.45, 2.75) is 26.4 Å². The van der Waals surface area contributed by atoms with E-state index in [9.17, 15) is 4.39 Å². The average Bonchev–Trinajstić information content (AvgIpc) is 2.92. The maximum absolute atomic E-state index is 13.8. The first kappa shape index (κ1) is 12.2. The van der Waals surface area contributed by atoms with E-state index in [1.807, 2.05) is 13.8 Å². The summed E-state index contributed by atoms with van der Waals surface area (Å²) in [4.78, 5) is 0. The minimum Gasteiger partial charge on any atom is -0.488 e. The minimum absolute atomic E-state index is 0.0666. The Morgan fingerprint density at radius 1 is 1.47 bits per heavy atom. The van der Waals surface area contributed by atoms with Gasteiger partial charge in [0.25, 0.3) is 0 Å². The second kappa shape index (κ2) is 4.35. The summed E-state index contributed by atoms with van der Waals surface area (Å²) in [6.45, 7) is 4.24. The minimum atomic E-state index is -0.255. The van der Waals surface area contributed by atoms with E-state index in [0.717, 1.165) is 33.8 Å². The van der Waals surface area contributed by atoms with E-state index in [4.69, 9.17) is 10.5 Å². The smallest absolute Gasteiger partial charge is 0.131 e. The molecule has 0 saturated carbocycles. The van der Waals surface area contributed by atoms with E-state index in [2.05, 4.69) is 10.2 Å². The number of nitrogens with zero attached hydrogens (tertiary/aromatic N) is 1. The van der Waals surface area contributed by atoms with E-state index in [1.54, 1.807) is 0 Å². The number of aromatic amines is 1. The normalized spacial score (nSPS) is 17.4. The van der Waals surface area contributed by atoms with E-state index < -0.39 is 0 Å². The molecule has 19 heavy (non-hydrogen) atoms. The quantitative estimate of drug-likeness (QED) is 0.870. The molecule has 5 heteroatoms. The van der Waals surface area contributed by atoms with E-state index in [-0.39, 0.29) is 11.9 Å². The first-order chi connectivity index (χ1) is 9.10. The van der Waals surface area contributed by atoms with Gasteiger partial charge >= 0.3 is 0 Å². The molecule has 1 aliphatic rings. The Labute approximate surface area is 110 Å². The third-order valence-electron chi connectivity index (χ3n) is 3.52. The molecule has 3 rings (SSSR count). The number of fused-ring (bicyclic) bond motifs is 1. The predicted octanol–water partition coefficient (Wildman–Crippen LogP) is 2.09. The molecule has 0 fully saturated rings. The maximum atomic E-state index is 13.8. The van der Waals surface area contributed by atoms with Crippen molar-refractivity contribution in [3.63, 3.8) is 0 Å². The third kappa shape index (κ3) is 1.90. The van der Waals surface area contributed by atoms with E-state index in [0.29, 0.717) is 13.0 Å². The summed E-state index contributed by atoms with van der Waals surface area (Å²) in [5, 5.41) is 7.08. The zero-order valence-electron chi connectivity index (χ0n) is 11.0. The zero-order chi connectivity index (χ0) is 13.6. The SMILES string of the molecule is Cc1n[nH]c(C)c1-c1cc(F)cc2c1O[C@@H](CN)C2. The Balaban J connectivity index is 2.19. The molecule has 100 valence electrons. The van der Waals surface area contributed by atoms with Crippen LogP contribution in [0.2, 0.25) is 0 Å². The number of rotatable bonds is 2. The van der Waals surface area contributed by atoms with Crippen LogP contribution in [0, 0.1) is 19.7 Å². The highest BCUT2D eigenvalue weighted by Crippen LogP contribution is 2.41. The predicted molar refractivity (Wildman–Crippen MR) is 70.6 cm³/mol. The maximum Gasteiger partial charge on any atom is 0.131 e. The number of aromatic nitrogens is 2. The molecule has 0 bridgehead atoms. The summed E-state index contributed by atoms with van der Waals surface area (Å²) >= 11 is 0. The van der Waals surface area contributed by atoms with Crippen molar-refractivity contribution in [2.24, 2.45) is 5.73 Å². The molecule has 1 aromatic carbocycles. The van der Waals surface area contributed by atoms with Crippen molar-refractivity contribution in [3.8, 4) is 16.9 Å². The largest absolute Gasteiger partial charge is 0.488 e. The number of hydrogen-bond donors (Lipinski definition) is 2. The number of hydrogen-bond acceptors (Lipinski definition) is 3. The van der Waals surface area contributed by atoms with Crippen molar-refractivity contribution in [2.75, 3.05) is 6.54 Å². The fourth-order valence-electron chi connectivity index (χ4n) is 2.66. The molecule has 2 aromatic rings. The Morgan fingerprint density at radius 2 is 2.26 bits per heavy atom. The second-order valence-electron chi connectivity index (χ2n) is 4.93. The van der Waals surface area contributed by atoms with Crippen molar-refractivity contribution >= 4 is 0 Å². The monoisotopic (exact) mass is 261 g/mol. The lowest BCUT2D eigenvalue weighted by Crippen LogP contribution is -2.24. The number of nitrogens with one attached hydrogen (secondary N) is 1. The van der Waals surface area contributed by atoms with Gasteiger partial charge in [0, 0.05) is 35.3 Å². The van der Waals surface area contributed by atoms with Gasteiger partial charge in [0.05, 0.1) is 5.69 Å². The average molecular weight is 261 g/mol. The third-order valence-corrected chi connectivity index (χ3v) is 3.52. The lowest BCUT2D eigenvalue weighted by Gasteiger charge is -2.11. The van der Waals surface area contributed by atoms with E-state index in [1.165, 1.54) is 12.1 Å². The van der Waals surface area contributed by atoms with Gasteiger partial charge in [-0.1, -0.05) is 0 Å². The summed E-state index contributed by atoms with van der Waals surface area (Å²) in [5.74, 6) is 0.486. The summed E-state index contributed by atoms with van der Waals surface area (Å²) < 4.78 is 19.6. The highest BCUT2D eigenvalue weighted by molar-refractivity contribution is 5.76. The van der Waals surface area contributed by atoms with Crippen LogP contribution in [0.4, 0.5) is 4.39 Å². The molecule has 1 aliphatic heterocycles. The van der Waals surface area contributed by atoms with Gasteiger partial charge in [0.2, 0.25) is 0 Å². The fraction of sp³-hybridized carbons (Fsp3) is 0.357. The number of benzene rings is 1. The summed E-state index contributed by atoms with van der Waals surface area (Å²) in [6.07, 6.45) is 0.593. The zero-order valence-corrected chi connectivity index (χ0v) is 11.0. The Kier molecular flexibility index (Phi) is 2.78. The van der Waals surface area contributed by atoms with Crippen LogP contribution < -0.4 is 10.5 Å². The molecular formula is C14H16FN3O. The van der Waals surface area contributed by atoms with Gasteiger partial charge < -0.3 is 10.5 Å². The lowest BCUT2D eigenvalue weighted by molar-refractivity contribution is 0.242. The fourth-order valence-corrected chi connectivity index (χ4v) is 2.66. The number of nitrogens with two attached hydrogens (primary N) is 1. The molecule has 0 saturated heterocycles. The number of H-pyrrole nitrogens is 1. The molecule has 0 spiro atoms. The second-order valence-corrected chi connectivity index (χ2v) is 4.93. The Morgan fingerprint density at radius 3 is 2.89 bits per heavy atom. The molecule has 3 N–H and O–H groups in total. The van der Waals surface area contributed by atoms with Crippen LogP contribution >= 0.6 is 0 Å². The first-order valence-electron chi connectivity index (χ1n) is 6.31. The topological polar surface area (TPSA) is 63.9 Å². The highest BCUT2D eigenvalue weighted by atomic mass is 19.1. The lowest BCUT2D eigenvalue weighted by atomic mass is 9.99. The molecule has 0 radical (unpaired) electrons. The van der Waals surface area contributed by atoms with Crippen molar-refractivity contribution in [1.82, 2.24) is 10.2 Å². The van der Waals surface area contributed by atoms with Gasteiger partial charge in [-0.2, -0.15) is 5.10 Å². The highest BCUT2D eigenvalue weighted by Gasteiger charge is 2.27. The van der Waals surface area contributed by atoms with Gasteiger partial charge in [0.1, 0.15) is 17.7 Å². The molecule has 1 aromatic heterocycles. The van der Waals surface area contributed by atoms with Crippen LogP contribution in [0.25, 0.3) is 11.1 Å².